The summed E-state index contributed by atoms with van der Waals surface area (Å²) >= 11 is 3.15. The Morgan fingerprint density at radius 2 is 1.89 bits per heavy atom. The minimum Gasteiger partial charge on any atom is -0.489 e. The van der Waals surface area contributed by atoms with Crippen LogP contribution in [0.2, 0.25) is 0 Å². The highest BCUT2D eigenvalue weighted by Gasteiger charge is 2.05. The van der Waals surface area contributed by atoms with Gasteiger partial charge in [-0.1, -0.05) is 22.0 Å². The predicted molar refractivity (Wildman–Crippen MR) is 69.2 cm³/mol. The lowest BCUT2D eigenvalue weighted by Crippen LogP contribution is -2.00. The lowest BCUT2D eigenvalue weighted by atomic mass is 10.2. The second-order valence-electron chi connectivity index (χ2n) is 3.74. The zero-order valence-corrected chi connectivity index (χ0v) is 10.9. The number of anilines is 1. The number of halogens is 3. The van der Waals surface area contributed by atoms with E-state index in [2.05, 4.69) is 15.9 Å². The molecule has 0 amide bonds. The van der Waals surface area contributed by atoms with E-state index in [0.717, 1.165) is 0 Å². The third-order valence-corrected chi connectivity index (χ3v) is 2.77. The van der Waals surface area contributed by atoms with Crippen LogP contribution >= 0.6 is 15.9 Å². The van der Waals surface area contributed by atoms with Crippen molar-refractivity contribution in [2.75, 3.05) is 5.73 Å². The van der Waals surface area contributed by atoms with E-state index in [0.29, 0.717) is 21.5 Å². The van der Waals surface area contributed by atoms with Gasteiger partial charge in [0, 0.05) is 21.8 Å². The molecular weight excluding hydrogens is 304 g/mol. The van der Waals surface area contributed by atoms with E-state index in [1.54, 1.807) is 18.2 Å². The molecule has 0 aliphatic rings. The van der Waals surface area contributed by atoms with Crippen molar-refractivity contribution in [3.05, 3.63) is 58.1 Å². The number of nitrogen functional groups attached to an aromatic ring is 1. The molecule has 0 saturated heterocycles. The lowest BCUT2D eigenvalue weighted by Gasteiger charge is -2.08. The summed E-state index contributed by atoms with van der Waals surface area (Å²) in [6, 6.07) is 8.51. The van der Waals surface area contributed by atoms with Crippen LogP contribution in [-0.2, 0) is 6.61 Å². The first-order valence-corrected chi connectivity index (χ1v) is 5.97. The summed E-state index contributed by atoms with van der Waals surface area (Å²) in [6.07, 6.45) is 0. The molecule has 0 atom stereocenters. The maximum Gasteiger partial charge on any atom is 0.131 e. The van der Waals surface area contributed by atoms with Crippen molar-refractivity contribution in [1.29, 1.82) is 0 Å². The van der Waals surface area contributed by atoms with Crippen LogP contribution in [0.1, 0.15) is 5.56 Å². The molecular formula is C13H10BrF2NO. The van der Waals surface area contributed by atoms with Crippen LogP contribution in [0.3, 0.4) is 0 Å². The zero-order valence-electron chi connectivity index (χ0n) is 9.29. The predicted octanol–water partition coefficient (Wildman–Crippen LogP) is 3.89. The van der Waals surface area contributed by atoms with Crippen molar-refractivity contribution >= 4 is 21.6 Å². The Bertz CT molecular complexity index is 555. The summed E-state index contributed by atoms with van der Waals surface area (Å²) < 4.78 is 32.4. The molecule has 0 saturated carbocycles. The molecule has 2 aromatic carbocycles. The summed E-state index contributed by atoms with van der Waals surface area (Å²) in [7, 11) is 0. The first-order valence-electron chi connectivity index (χ1n) is 5.17. The number of rotatable bonds is 3. The number of benzene rings is 2. The largest absolute Gasteiger partial charge is 0.489 e. The Kier molecular flexibility index (Phi) is 3.81. The molecule has 0 radical (unpaired) electrons. The first kappa shape index (κ1) is 12.8. The minimum absolute atomic E-state index is 0.0159. The SMILES string of the molecule is Nc1ccc(COc2cc(F)cc(Br)c2)c(F)c1. The number of hydrogen-bond acceptors (Lipinski definition) is 2. The van der Waals surface area contributed by atoms with Crippen LogP contribution < -0.4 is 10.5 Å². The second kappa shape index (κ2) is 5.35. The van der Waals surface area contributed by atoms with E-state index >= 15 is 0 Å². The van der Waals surface area contributed by atoms with Gasteiger partial charge in [-0.2, -0.15) is 0 Å². The van der Waals surface area contributed by atoms with E-state index in [1.165, 1.54) is 18.2 Å². The van der Waals surface area contributed by atoms with Gasteiger partial charge in [-0.25, -0.2) is 8.78 Å². The number of hydrogen-bond donors (Lipinski definition) is 1. The van der Waals surface area contributed by atoms with E-state index < -0.39 is 11.6 Å². The van der Waals surface area contributed by atoms with Gasteiger partial charge < -0.3 is 10.5 Å². The van der Waals surface area contributed by atoms with Crippen LogP contribution in [0, 0.1) is 11.6 Å². The highest BCUT2D eigenvalue weighted by Crippen LogP contribution is 2.22. The molecule has 5 heteroatoms. The smallest absolute Gasteiger partial charge is 0.131 e. The van der Waals surface area contributed by atoms with Gasteiger partial charge in [0.15, 0.2) is 0 Å². The van der Waals surface area contributed by atoms with Crippen molar-refractivity contribution in [1.82, 2.24) is 0 Å². The standard InChI is InChI=1S/C13H10BrF2NO/c14-9-3-10(15)5-12(4-9)18-7-8-1-2-11(17)6-13(8)16/h1-6H,7,17H2. The normalized spacial score (nSPS) is 10.4. The lowest BCUT2D eigenvalue weighted by molar-refractivity contribution is 0.298. The van der Waals surface area contributed by atoms with Crippen LogP contribution in [-0.4, -0.2) is 0 Å². The maximum absolute atomic E-state index is 13.5. The molecule has 0 unspecified atom stereocenters. The summed E-state index contributed by atoms with van der Waals surface area (Å²) in [5, 5.41) is 0. The summed E-state index contributed by atoms with van der Waals surface area (Å²) in [5.74, 6) is -0.527. The van der Waals surface area contributed by atoms with Crippen molar-refractivity contribution in [3.63, 3.8) is 0 Å². The Morgan fingerprint density at radius 1 is 1.11 bits per heavy atom. The fourth-order valence-corrected chi connectivity index (χ4v) is 1.90. The van der Waals surface area contributed by atoms with Gasteiger partial charge in [0.05, 0.1) is 0 Å². The van der Waals surface area contributed by atoms with E-state index in [4.69, 9.17) is 10.5 Å². The van der Waals surface area contributed by atoms with Gasteiger partial charge in [-0.3, -0.25) is 0 Å². The Hall–Kier alpha value is -1.62. The third kappa shape index (κ3) is 3.20. The van der Waals surface area contributed by atoms with Gasteiger partial charge in [0.1, 0.15) is 24.0 Å². The average molecular weight is 314 g/mol. The van der Waals surface area contributed by atoms with E-state index in [1.807, 2.05) is 0 Å². The van der Waals surface area contributed by atoms with Crippen LogP contribution in [0.25, 0.3) is 0 Å². The molecule has 0 heterocycles. The Labute approximate surface area is 112 Å². The van der Waals surface area contributed by atoms with Gasteiger partial charge in [-0.15, -0.1) is 0 Å². The zero-order chi connectivity index (χ0) is 13.1. The van der Waals surface area contributed by atoms with Crippen molar-refractivity contribution < 1.29 is 13.5 Å². The fourth-order valence-electron chi connectivity index (χ4n) is 1.45. The fraction of sp³-hybridized carbons (Fsp3) is 0.0769. The van der Waals surface area contributed by atoms with Crippen LogP contribution in [0.4, 0.5) is 14.5 Å². The topological polar surface area (TPSA) is 35.2 Å². The van der Waals surface area contributed by atoms with Gasteiger partial charge >= 0.3 is 0 Å². The molecule has 2 nitrogen and oxygen atoms in total. The number of nitrogens with two attached hydrogens (primary N) is 1. The Morgan fingerprint density at radius 3 is 2.56 bits per heavy atom. The summed E-state index contributed by atoms with van der Waals surface area (Å²) in [4.78, 5) is 0. The summed E-state index contributed by atoms with van der Waals surface area (Å²) in [5.41, 5.74) is 6.15. The van der Waals surface area contributed by atoms with Crippen LogP contribution in [0.15, 0.2) is 40.9 Å². The van der Waals surface area contributed by atoms with E-state index in [-0.39, 0.29) is 6.61 Å². The average Bonchev–Trinajstić information content (AvgIpc) is 2.26. The molecule has 0 fully saturated rings. The van der Waals surface area contributed by atoms with Crippen LogP contribution in [0.5, 0.6) is 5.75 Å². The monoisotopic (exact) mass is 313 g/mol. The van der Waals surface area contributed by atoms with Gasteiger partial charge in [-0.05, 0) is 24.3 Å². The third-order valence-electron chi connectivity index (χ3n) is 2.31. The second-order valence-corrected chi connectivity index (χ2v) is 4.66. The van der Waals surface area contributed by atoms with Gasteiger partial charge in [0.2, 0.25) is 0 Å². The molecule has 0 spiro atoms. The highest BCUT2D eigenvalue weighted by atomic mass is 79.9. The summed E-state index contributed by atoms with van der Waals surface area (Å²) in [6.45, 7) is 0.0159. The van der Waals surface area contributed by atoms with Crippen molar-refractivity contribution in [3.8, 4) is 5.75 Å². The molecule has 0 aromatic heterocycles. The molecule has 0 bridgehead atoms. The molecule has 2 rings (SSSR count). The number of ether oxygens (including phenoxy) is 1. The molecule has 0 aliphatic carbocycles. The molecule has 94 valence electrons. The molecule has 2 aromatic rings. The first-order chi connectivity index (χ1) is 8.54. The Balaban J connectivity index is 2.11. The molecule has 18 heavy (non-hydrogen) atoms. The highest BCUT2D eigenvalue weighted by molar-refractivity contribution is 9.10. The minimum atomic E-state index is -0.439. The van der Waals surface area contributed by atoms with Crippen molar-refractivity contribution in [2.24, 2.45) is 0 Å². The maximum atomic E-state index is 13.5. The molecule has 0 aliphatic heterocycles. The quantitative estimate of drug-likeness (QED) is 0.873. The van der Waals surface area contributed by atoms with Crippen molar-refractivity contribution in [2.45, 2.75) is 6.61 Å². The van der Waals surface area contributed by atoms with Gasteiger partial charge in [0.25, 0.3) is 0 Å². The van der Waals surface area contributed by atoms with E-state index in [9.17, 15) is 8.78 Å². The molecule has 2 N–H and O–H groups in total.